The maximum Gasteiger partial charge on any atom is 0.331 e. The Hall–Kier alpha value is -1.40. The fourth-order valence-corrected chi connectivity index (χ4v) is 5.39. The molecule has 0 bridgehead atoms. The fraction of sp³-hybridized carbons (Fsp3) is 0.862. The van der Waals surface area contributed by atoms with Crippen LogP contribution in [0.5, 0.6) is 0 Å². The van der Waals surface area contributed by atoms with Crippen LogP contribution in [0.3, 0.4) is 0 Å². The molecule has 0 heterocycles. The molecule has 6 nitrogen and oxygen atoms in total. The number of aliphatic carboxylic acids is 2. The van der Waals surface area contributed by atoms with Crippen LogP contribution in [0.25, 0.3) is 0 Å². The Bertz CT molecular complexity index is 448. The van der Waals surface area contributed by atoms with Gasteiger partial charge in [0.2, 0.25) is 0 Å². The first-order chi connectivity index (χ1) is 16.5. The molecule has 0 amide bonds. The lowest BCUT2D eigenvalue weighted by atomic mass is 10.2. The summed E-state index contributed by atoms with van der Waals surface area (Å²) in [4.78, 5) is 19.7. The van der Waals surface area contributed by atoms with Crippen molar-refractivity contribution in [1.29, 1.82) is 0 Å². The number of hydrogen-bond acceptors (Lipinski definition) is 2. The first-order valence-corrected chi connectivity index (χ1v) is 14.4. The van der Waals surface area contributed by atoms with E-state index in [2.05, 4.69) is 62.0 Å². The average molecular weight is 503 g/mol. The van der Waals surface area contributed by atoms with E-state index in [4.69, 9.17) is 10.2 Å². The molecule has 0 radical (unpaired) electrons. The third-order valence-electron chi connectivity index (χ3n) is 6.25. The molecule has 0 aromatic heterocycles. The van der Waals surface area contributed by atoms with Gasteiger partial charge in [0, 0.05) is 5.57 Å². The van der Waals surface area contributed by atoms with Crippen LogP contribution in [-0.4, -0.2) is 83.5 Å². The molecule has 0 spiro atoms. The zero-order valence-corrected chi connectivity index (χ0v) is 24.8. The standard InChI is InChI=1S/2C12H28N.C5H6O4/c2*1-5-9-13(10-6-2,11-7-3)12-8-4;1-3(5(8)9)2-4(6)7/h2*5-12H2,1-4H3;1-2H2,(H,6,7)(H,8,9)/q2*+1;. The predicted molar refractivity (Wildman–Crippen MR) is 151 cm³/mol. The van der Waals surface area contributed by atoms with E-state index >= 15 is 0 Å². The van der Waals surface area contributed by atoms with Crippen molar-refractivity contribution in [3.63, 3.8) is 0 Å². The normalized spacial score (nSPS) is 11.1. The molecule has 0 unspecified atom stereocenters. The number of rotatable bonds is 19. The molecular formula is C29H62N2O4+2. The quantitative estimate of drug-likeness (QED) is 0.147. The zero-order chi connectivity index (χ0) is 27.8. The van der Waals surface area contributed by atoms with Crippen LogP contribution in [0.1, 0.15) is 113 Å². The van der Waals surface area contributed by atoms with Crippen molar-refractivity contribution in [1.82, 2.24) is 0 Å². The van der Waals surface area contributed by atoms with Crippen molar-refractivity contribution >= 4 is 11.9 Å². The van der Waals surface area contributed by atoms with Crippen LogP contribution in [0.4, 0.5) is 0 Å². The Labute approximate surface area is 218 Å². The highest BCUT2D eigenvalue weighted by molar-refractivity contribution is 5.91. The molecule has 0 aromatic carbocycles. The molecule has 6 heteroatoms. The van der Waals surface area contributed by atoms with Gasteiger partial charge in [0.05, 0.1) is 58.8 Å². The summed E-state index contributed by atoms with van der Waals surface area (Å²) in [7, 11) is 0. The Morgan fingerprint density at radius 2 is 0.714 bits per heavy atom. The van der Waals surface area contributed by atoms with Gasteiger partial charge in [-0.15, -0.1) is 0 Å². The van der Waals surface area contributed by atoms with Crippen LogP contribution < -0.4 is 0 Å². The molecule has 0 aliphatic heterocycles. The van der Waals surface area contributed by atoms with E-state index in [0.717, 1.165) is 0 Å². The third kappa shape index (κ3) is 20.5. The van der Waals surface area contributed by atoms with Crippen molar-refractivity contribution in [2.75, 3.05) is 52.4 Å². The summed E-state index contributed by atoms with van der Waals surface area (Å²) in [5.74, 6) is -2.44. The second kappa shape index (κ2) is 24.3. The van der Waals surface area contributed by atoms with Gasteiger partial charge in [0.1, 0.15) is 0 Å². The van der Waals surface area contributed by atoms with E-state index < -0.39 is 18.4 Å². The van der Waals surface area contributed by atoms with Crippen LogP contribution in [-0.2, 0) is 9.59 Å². The molecule has 0 aromatic rings. The molecular weight excluding hydrogens is 440 g/mol. The largest absolute Gasteiger partial charge is 0.481 e. The first-order valence-electron chi connectivity index (χ1n) is 14.4. The van der Waals surface area contributed by atoms with E-state index in [1.165, 1.54) is 113 Å². The lowest BCUT2D eigenvalue weighted by Gasteiger charge is -2.38. The molecule has 0 rings (SSSR count). The molecule has 0 fully saturated rings. The monoisotopic (exact) mass is 502 g/mol. The highest BCUT2D eigenvalue weighted by Gasteiger charge is 2.23. The highest BCUT2D eigenvalue weighted by Crippen LogP contribution is 2.13. The Kier molecular flexibility index (Phi) is 26.5. The van der Waals surface area contributed by atoms with Crippen LogP contribution in [0, 0.1) is 0 Å². The molecule has 35 heavy (non-hydrogen) atoms. The molecule has 0 atom stereocenters. The molecule has 0 aliphatic carbocycles. The molecule has 0 saturated heterocycles. The SMILES string of the molecule is C=C(CC(=O)O)C(=O)O.CCC[N+](CCC)(CCC)CCC.CCC[N+](CCC)(CCC)CCC. The summed E-state index contributed by atoms with van der Waals surface area (Å²) in [6.45, 7) is 32.6. The van der Waals surface area contributed by atoms with E-state index in [-0.39, 0.29) is 5.57 Å². The number of nitrogens with zero attached hydrogens (tertiary/aromatic N) is 2. The van der Waals surface area contributed by atoms with Crippen molar-refractivity contribution in [3.8, 4) is 0 Å². The second-order valence-electron chi connectivity index (χ2n) is 9.95. The van der Waals surface area contributed by atoms with E-state index in [9.17, 15) is 9.59 Å². The smallest absolute Gasteiger partial charge is 0.331 e. The zero-order valence-electron chi connectivity index (χ0n) is 24.8. The van der Waals surface area contributed by atoms with Crippen molar-refractivity contribution in [2.24, 2.45) is 0 Å². The number of carbonyl (C=O) groups is 2. The number of quaternary nitrogens is 2. The van der Waals surface area contributed by atoms with E-state index in [0.29, 0.717) is 0 Å². The maximum atomic E-state index is 9.87. The molecule has 210 valence electrons. The summed E-state index contributed by atoms with van der Waals surface area (Å²) in [6, 6.07) is 0. The van der Waals surface area contributed by atoms with Crippen LogP contribution in [0.2, 0.25) is 0 Å². The van der Waals surface area contributed by atoms with Gasteiger partial charge in [-0.3, -0.25) is 4.79 Å². The predicted octanol–water partition coefficient (Wildman–Crippen LogP) is 6.99. The summed E-state index contributed by atoms with van der Waals surface area (Å²) < 4.78 is 2.75. The minimum atomic E-state index is -1.27. The lowest BCUT2D eigenvalue weighted by Crippen LogP contribution is -2.50. The number of hydrogen-bond donors (Lipinski definition) is 2. The first kappa shape index (κ1) is 38.1. The Morgan fingerprint density at radius 3 is 0.800 bits per heavy atom. The van der Waals surface area contributed by atoms with Crippen molar-refractivity contribution in [3.05, 3.63) is 12.2 Å². The van der Waals surface area contributed by atoms with Gasteiger partial charge in [-0.2, -0.15) is 0 Å². The molecule has 0 aliphatic rings. The minimum absolute atomic E-state index is 0.303. The summed E-state index contributed by atoms with van der Waals surface area (Å²) in [5, 5.41) is 16.1. The summed E-state index contributed by atoms with van der Waals surface area (Å²) in [6.07, 6.45) is 10.2. The topological polar surface area (TPSA) is 74.6 Å². The highest BCUT2D eigenvalue weighted by atomic mass is 16.4. The third-order valence-corrected chi connectivity index (χ3v) is 6.25. The number of carboxylic acids is 2. The van der Waals surface area contributed by atoms with Crippen molar-refractivity contribution < 1.29 is 28.8 Å². The number of carboxylic acid groups (broad SMARTS) is 2. The van der Waals surface area contributed by atoms with E-state index in [1.807, 2.05) is 0 Å². The van der Waals surface area contributed by atoms with Gasteiger partial charge < -0.3 is 19.2 Å². The average Bonchev–Trinajstić information content (AvgIpc) is 2.76. The van der Waals surface area contributed by atoms with E-state index in [1.54, 1.807) is 0 Å². The molecule has 0 saturated carbocycles. The minimum Gasteiger partial charge on any atom is -0.481 e. The van der Waals surface area contributed by atoms with Gasteiger partial charge in [-0.1, -0.05) is 62.0 Å². The van der Waals surface area contributed by atoms with Gasteiger partial charge in [0.25, 0.3) is 0 Å². The summed E-state index contributed by atoms with van der Waals surface area (Å²) >= 11 is 0. The van der Waals surface area contributed by atoms with Gasteiger partial charge in [-0.25, -0.2) is 4.79 Å². The summed E-state index contributed by atoms with van der Waals surface area (Å²) in [5.41, 5.74) is -0.303. The Morgan fingerprint density at radius 1 is 0.514 bits per heavy atom. The fourth-order valence-electron chi connectivity index (χ4n) is 5.39. The Balaban J connectivity index is -0.000000448. The van der Waals surface area contributed by atoms with Gasteiger partial charge >= 0.3 is 11.9 Å². The maximum absolute atomic E-state index is 9.87. The van der Waals surface area contributed by atoms with Gasteiger partial charge in [-0.05, 0) is 51.4 Å². The van der Waals surface area contributed by atoms with Crippen LogP contribution in [0.15, 0.2) is 12.2 Å². The van der Waals surface area contributed by atoms with Crippen LogP contribution >= 0.6 is 0 Å². The lowest BCUT2D eigenvalue weighted by molar-refractivity contribution is -0.928. The second-order valence-corrected chi connectivity index (χ2v) is 9.95. The molecule has 2 N–H and O–H groups in total. The van der Waals surface area contributed by atoms with Crippen molar-refractivity contribution in [2.45, 2.75) is 113 Å². The van der Waals surface area contributed by atoms with Gasteiger partial charge in [0.15, 0.2) is 0 Å².